The molecule has 1 aromatic heterocycles. The van der Waals surface area contributed by atoms with Gasteiger partial charge < -0.3 is 10.4 Å². The van der Waals surface area contributed by atoms with Gasteiger partial charge in [-0.15, -0.1) is 5.10 Å². The number of aryl methyl sites for hydroxylation is 1. The topological polar surface area (TPSA) is 92.2 Å². The van der Waals surface area contributed by atoms with E-state index in [0.717, 1.165) is 5.69 Å². The van der Waals surface area contributed by atoms with Crippen molar-refractivity contribution in [2.75, 3.05) is 6.54 Å². The van der Waals surface area contributed by atoms with Gasteiger partial charge in [-0.25, -0.2) is 0 Å². The predicted octanol–water partition coefficient (Wildman–Crippen LogP) is -0.0105. The Kier molecular flexibility index (Phi) is 3.73. The SMILES string of the molecule is Cc1ccc(C(=O)NCCC(=O)O)nn1. The lowest BCUT2D eigenvalue weighted by Gasteiger charge is -2.01. The van der Waals surface area contributed by atoms with Crippen molar-refractivity contribution in [3.63, 3.8) is 0 Å². The van der Waals surface area contributed by atoms with E-state index < -0.39 is 11.9 Å². The molecule has 0 aliphatic carbocycles. The van der Waals surface area contributed by atoms with Crippen molar-refractivity contribution in [2.24, 2.45) is 0 Å². The number of carboxylic acids is 1. The number of hydrogen-bond donors (Lipinski definition) is 2. The molecule has 0 spiro atoms. The second-order valence-corrected chi connectivity index (χ2v) is 2.96. The Balaban J connectivity index is 2.47. The van der Waals surface area contributed by atoms with Crippen LogP contribution in [0.15, 0.2) is 12.1 Å². The predicted molar refractivity (Wildman–Crippen MR) is 51.4 cm³/mol. The van der Waals surface area contributed by atoms with Crippen LogP contribution in [0.25, 0.3) is 0 Å². The highest BCUT2D eigenvalue weighted by Crippen LogP contribution is 1.94. The van der Waals surface area contributed by atoms with Crippen molar-refractivity contribution in [3.05, 3.63) is 23.5 Å². The number of hydrogen-bond acceptors (Lipinski definition) is 4. The largest absolute Gasteiger partial charge is 0.481 e. The average Bonchev–Trinajstić information content (AvgIpc) is 2.18. The third-order valence-electron chi connectivity index (χ3n) is 1.65. The molecule has 6 nitrogen and oxygen atoms in total. The van der Waals surface area contributed by atoms with Crippen LogP contribution < -0.4 is 5.32 Å². The molecule has 6 heteroatoms. The minimum atomic E-state index is -0.953. The lowest BCUT2D eigenvalue weighted by Crippen LogP contribution is -2.27. The minimum Gasteiger partial charge on any atom is -0.481 e. The zero-order valence-electron chi connectivity index (χ0n) is 8.23. The van der Waals surface area contributed by atoms with Gasteiger partial charge in [-0.3, -0.25) is 9.59 Å². The second-order valence-electron chi connectivity index (χ2n) is 2.96. The molecule has 0 aliphatic heterocycles. The number of rotatable bonds is 4. The fraction of sp³-hybridized carbons (Fsp3) is 0.333. The van der Waals surface area contributed by atoms with Crippen LogP contribution in [0, 0.1) is 6.92 Å². The highest BCUT2D eigenvalue weighted by Gasteiger charge is 2.07. The van der Waals surface area contributed by atoms with Crippen LogP contribution in [0.3, 0.4) is 0 Å². The van der Waals surface area contributed by atoms with Gasteiger partial charge in [-0.1, -0.05) is 0 Å². The van der Waals surface area contributed by atoms with Crippen molar-refractivity contribution >= 4 is 11.9 Å². The number of aromatic nitrogens is 2. The molecule has 1 rings (SSSR count). The normalized spacial score (nSPS) is 9.67. The van der Waals surface area contributed by atoms with Crippen molar-refractivity contribution in [1.82, 2.24) is 15.5 Å². The van der Waals surface area contributed by atoms with Crippen molar-refractivity contribution in [1.29, 1.82) is 0 Å². The van der Waals surface area contributed by atoms with Gasteiger partial charge in [-0.05, 0) is 19.1 Å². The maximum Gasteiger partial charge on any atom is 0.305 e. The summed E-state index contributed by atoms with van der Waals surface area (Å²) in [4.78, 5) is 21.5. The summed E-state index contributed by atoms with van der Waals surface area (Å²) in [7, 11) is 0. The van der Waals surface area contributed by atoms with E-state index in [0.29, 0.717) is 0 Å². The van der Waals surface area contributed by atoms with Gasteiger partial charge >= 0.3 is 5.97 Å². The summed E-state index contributed by atoms with van der Waals surface area (Å²) in [5, 5.41) is 18.2. The molecule has 1 amide bonds. The molecule has 1 aromatic rings. The Morgan fingerprint density at radius 2 is 2.13 bits per heavy atom. The van der Waals surface area contributed by atoms with Gasteiger partial charge in [0.2, 0.25) is 0 Å². The van der Waals surface area contributed by atoms with E-state index >= 15 is 0 Å². The zero-order chi connectivity index (χ0) is 11.3. The standard InChI is InChI=1S/C9H11N3O3/c1-6-2-3-7(12-11-6)9(15)10-5-4-8(13)14/h2-3H,4-5H2,1H3,(H,10,15)(H,13,14). The molecule has 0 bridgehead atoms. The first-order valence-corrected chi connectivity index (χ1v) is 4.40. The Morgan fingerprint density at radius 3 is 2.67 bits per heavy atom. The number of carboxylic acid groups (broad SMARTS) is 1. The minimum absolute atomic E-state index is 0.0870. The van der Waals surface area contributed by atoms with E-state index in [-0.39, 0.29) is 18.7 Å². The molecule has 0 unspecified atom stereocenters. The molecule has 2 N–H and O–H groups in total. The van der Waals surface area contributed by atoms with E-state index in [1.807, 2.05) is 0 Å². The molecule has 1 heterocycles. The van der Waals surface area contributed by atoms with Crippen LogP contribution in [0.4, 0.5) is 0 Å². The summed E-state index contributed by atoms with van der Waals surface area (Å²) in [5.74, 6) is -1.37. The molecular weight excluding hydrogens is 198 g/mol. The van der Waals surface area contributed by atoms with E-state index in [1.54, 1.807) is 19.1 Å². The molecule has 0 radical (unpaired) electrons. The van der Waals surface area contributed by atoms with E-state index in [4.69, 9.17) is 5.11 Å². The number of carbonyl (C=O) groups is 2. The molecule has 80 valence electrons. The number of nitrogens with zero attached hydrogens (tertiary/aromatic N) is 2. The van der Waals surface area contributed by atoms with E-state index in [1.165, 1.54) is 0 Å². The molecule has 15 heavy (non-hydrogen) atoms. The fourth-order valence-corrected chi connectivity index (χ4v) is 0.894. The number of nitrogens with one attached hydrogen (secondary N) is 1. The summed E-state index contributed by atoms with van der Waals surface area (Å²) in [6.07, 6.45) is -0.106. The number of amides is 1. The van der Waals surface area contributed by atoms with Crippen molar-refractivity contribution in [3.8, 4) is 0 Å². The Morgan fingerprint density at radius 1 is 1.40 bits per heavy atom. The summed E-state index contributed by atoms with van der Waals surface area (Å²) >= 11 is 0. The summed E-state index contributed by atoms with van der Waals surface area (Å²) < 4.78 is 0. The maximum atomic E-state index is 11.3. The first kappa shape index (κ1) is 11.1. The van der Waals surface area contributed by atoms with Crippen molar-refractivity contribution < 1.29 is 14.7 Å². The van der Waals surface area contributed by atoms with Gasteiger partial charge in [0.05, 0.1) is 12.1 Å². The summed E-state index contributed by atoms with van der Waals surface area (Å²) in [5.41, 5.74) is 0.906. The molecular formula is C9H11N3O3. The fourth-order valence-electron chi connectivity index (χ4n) is 0.894. The first-order chi connectivity index (χ1) is 7.09. The third kappa shape index (κ3) is 3.72. The molecule has 0 saturated carbocycles. The Labute approximate surface area is 86.3 Å². The average molecular weight is 209 g/mol. The quantitative estimate of drug-likeness (QED) is 0.727. The maximum absolute atomic E-state index is 11.3. The third-order valence-corrected chi connectivity index (χ3v) is 1.65. The highest BCUT2D eigenvalue weighted by molar-refractivity contribution is 5.92. The van der Waals surface area contributed by atoms with Gasteiger partial charge in [-0.2, -0.15) is 5.10 Å². The van der Waals surface area contributed by atoms with Crippen LogP contribution in [-0.4, -0.2) is 33.7 Å². The smallest absolute Gasteiger partial charge is 0.305 e. The van der Waals surface area contributed by atoms with Crippen LogP contribution in [0.1, 0.15) is 22.6 Å². The second kappa shape index (κ2) is 5.04. The lowest BCUT2D eigenvalue weighted by atomic mass is 10.3. The number of carbonyl (C=O) groups excluding carboxylic acids is 1. The Bertz CT molecular complexity index is 361. The van der Waals surface area contributed by atoms with Crippen LogP contribution in [0.2, 0.25) is 0 Å². The van der Waals surface area contributed by atoms with Gasteiger partial charge in [0.15, 0.2) is 5.69 Å². The van der Waals surface area contributed by atoms with E-state index in [2.05, 4.69) is 15.5 Å². The highest BCUT2D eigenvalue weighted by atomic mass is 16.4. The van der Waals surface area contributed by atoms with Gasteiger partial charge in [0.25, 0.3) is 5.91 Å². The van der Waals surface area contributed by atoms with Crippen LogP contribution in [0.5, 0.6) is 0 Å². The number of aliphatic carboxylic acids is 1. The van der Waals surface area contributed by atoms with E-state index in [9.17, 15) is 9.59 Å². The molecule has 0 fully saturated rings. The monoisotopic (exact) mass is 209 g/mol. The lowest BCUT2D eigenvalue weighted by molar-refractivity contribution is -0.136. The molecule has 0 saturated heterocycles. The molecule has 0 aliphatic rings. The van der Waals surface area contributed by atoms with Crippen LogP contribution in [-0.2, 0) is 4.79 Å². The van der Waals surface area contributed by atoms with Gasteiger partial charge in [0.1, 0.15) is 0 Å². The van der Waals surface area contributed by atoms with Gasteiger partial charge in [0, 0.05) is 6.54 Å². The molecule has 0 aromatic carbocycles. The summed E-state index contributed by atoms with van der Waals surface area (Å²) in [6.45, 7) is 1.85. The zero-order valence-corrected chi connectivity index (χ0v) is 8.23. The Hall–Kier alpha value is -1.98. The molecule has 0 atom stereocenters. The first-order valence-electron chi connectivity index (χ1n) is 4.40. The van der Waals surface area contributed by atoms with Crippen LogP contribution >= 0.6 is 0 Å². The van der Waals surface area contributed by atoms with Crippen molar-refractivity contribution in [2.45, 2.75) is 13.3 Å². The summed E-state index contributed by atoms with van der Waals surface area (Å²) in [6, 6.07) is 3.21.